The third-order valence-electron chi connectivity index (χ3n) is 6.14. The molecule has 0 bridgehead atoms. The molecular formula is C25H32N4O4S2. The van der Waals surface area contributed by atoms with Gasteiger partial charge in [0.05, 0.1) is 22.2 Å². The Balaban J connectivity index is 1.60. The van der Waals surface area contributed by atoms with Crippen molar-refractivity contribution in [2.24, 2.45) is 0 Å². The number of methoxy groups -OCH3 is 1. The first kappa shape index (κ1) is 25.6. The van der Waals surface area contributed by atoms with Crippen molar-refractivity contribution < 1.29 is 17.9 Å². The summed E-state index contributed by atoms with van der Waals surface area (Å²) in [5.41, 5.74) is 1.22. The number of hydrogen-bond donors (Lipinski definition) is 0. The lowest BCUT2D eigenvalue weighted by atomic mass is 10.2. The molecule has 0 N–H and O–H groups in total. The van der Waals surface area contributed by atoms with Gasteiger partial charge in [-0.2, -0.15) is 4.31 Å². The Kier molecular flexibility index (Phi) is 8.05. The number of fused-ring (bicyclic) bond motifs is 1. The normalized spacial score (nSPS) is 15.3. The van der Waals surface area contributed by atoms with E-state index in [1.165, 1.54) is 11.3 Å². The van der Waals surface area contributed by atoms with Crippen molar-refractivity contribution in [2.45, 2.75) is 30.6 Å². The second-order valence-electron chi connectivity index (χ2n) is 8.93. The van der Waals surface area contributed by atoms with Crippen LogP contribution < -0.4 is 9.64 Å². The molecule has 2 heterocycles. The van der Waals surface area contributed by atoms with Crippen molar-refractivity contribution in [3.8, 4) is 5.75 Å². The Bertz CT molecular complexity index is 1260. The first-order valence-electron chi connectivity index (χ1n) is 11.8. The number of ether oxygens (including phenoxy) is 1. The molecule has 0 aliphatic carbocycles. The predicted molar refractivity (Wildman–Crippen MR) is 140 cm³/mol. The number of benzene rings is 2. The molecule has 1 aliphatic rings. The van der Waals surface area contributed by atoms with Gasteiger partial charge in [0.1, 0.15) is 5.75 Å². The Labute approximate surface area is 211 Å². The SMILES string of the molecule is COc1ccc2nc(N(CCN(C)C)C(=O)c3ccc(S(=O)(=O)N4CCCCCC4)cc3)sc2c1. The van der Waals surface area contributed by atoms with E-state index in [1.807, 2.05) is 37.2 Å². The van der Waals surface area contributed by atoms with E-state index in [2.05, 4.69) is 4.98 Å². The lowest BCUT2D eigenvalue weighted by Crippen LogP contribution is -2.36. The van der Waals surface area contributed by atoms with Crippen molar-refractivity contribution >= 4 is 42.6 Å². The van der Waals surface area contributed by atoms with E-state index in [0.717, 1.165) is 41.6 Å². The molecule has 35 heavy (non-hydrogen) atoms. The van der Waals surface area contributed by atoms with Gasteiger partial charge in [-0.3, -0.25) is 9.69 Å². The maximum absolute atomic E-state index is 13.6. The fourth-order valence-corrected chi connectivity index (χ4v) is 6.61. The third kappa shape index (κ3) is 5.83. The molecule has 8 nitrogen and oxygen atoms in total. The van der Waals surface area contributed by atoms with Gasteiger partial charge < -0.3 is 9.64 Å². The average Bonchev–Trinajstić information content (AvgIpc) is 3.06. The highest BCUT2D eigenvalue weighted by Crippen LogP contribution is 2.32. The molecule has 0 spiro atoms. The van der Waals surface area contributed by atoms with Crippen molar-refractivity contribution in [3.63, 3.8) is 0 Å². The van der Waals surface area contributed by atoms with E-state index in [-0.39, 0.29) is 10.8 Å². The number of sulfonamides is 1. The van der Waals surface area contributed by atoms with Crippen LogP contribution in [0.15, 0.2) is 47.4 Å². The van der Waals surface area contributed by atoms with Crippen LogP contribution in [-0.2, 0) is 10.0 Å². The van der Waals surface area contributed by atoms with E-state index >= 15 is 0 Å². The minimum Gasteiger partial charge on any atom is -0.497 e. The van der Waals surface area contributed by atoms with E-state index in [0.29, 0.717) is 36.9 Å². The van der Waals surface area contributed by atoms with Gasteiger partial charge in [0.25, 0.3) is 5.91 Å². The van der Waals surface area contributed by atoms with Gasteiger partial charge in [-0.05, 0) is 69.4 Å². The Hall–Kier alpha value is -2.53. The van der Waals surface area contributed by atoms with Gasteiger partial charge in [-0.15, -0.1) is 0 Å². The number of anilines is 1. The van der Waals surface area contributed by atoms with Gasteiger partial charge in [0.2, 0.25) is 10.0 Å². The molecule has 1 saturated heterocycles. The maximum Gasteiger partial charge on any atom is 0.260 e. The highest BCUT2D eigenvalue weighted by molar-refractivity contribution is 7.89. The van der Waals surface area contributed by atoms with Crippen LogP contribution in [0.4, 0.5) is 5.13 Å². The number of rotatable bonds is 8. The molecule has 188 valence electrons. The molecule has 10 heteroatoms. The quantitative estimate of drug-likeness (QED) is 0.449. The summed E-state index contributed by atoms with van der Waals surface area (Å²) >= 11 is 1.43. The zero-order chi connectivity index (χ0) is 25.0. The molecule has 1 aromatic heterocycles. The lowest BCUT2D eigenvalue weighted by molar-refractivity contribution is 0.0985. The molecule has 4 rings (SSSR count). The van der Waals surface area contributed by atoms with Gasteiger partial charge >= 0.3 is 0 Å². The third-order valence-corrected chi connectivity index (χ3v) is 9.09. The topological polar surface area (TPSA) is 83.0 Å². The summed E-state index contributed by atoms with van der Waals surface area (Å²) in [6, 6.07) is 11.9. The molecule has 1 aliphatic heterocycles. The summed E-state index contributed by atoms with van der Waals surface area (Å²) in [7, 11) is 1.96. The highest BCUT2D eigenvalue weighted by atomic mass is 32.2. The van der Waals surface area contributed by atoms with Crippen LogP contribution in [0, 0.1) is 0 Å². The van der Waals surface area contributed by atoms with Crippen LogP contribution in [0.1, 0.15) is 36.0 Å². The van der Waals surface area contributed by atoms with Crippen molar-refractivity contribution in [1.82, 2.24) is 14.2 Å². The van der Waals surface area contributed by atoms with Crippen LogP contribution in [-0.4, -0.2) is 75.9 Å². The second-order valence-corrected chi connectivity index (χ2v) is 11.9. The standard InChI is InChI=1S/C25H32N4O4S2/c1-27(2)16-17-29(25-26-22-13-10-20(33-3)18-23(22)34-25)24(30)19-8-11-21(12-9-19)35(31,32)28-14-6-4-5-7-15-28/h8-13,18H,4-7,14-17H2,1-3H3. The molecule has 0 unspecified atom stereocenters. The van der Waals surface area contributed by atoms with E-state index in [9.17, 15) is 13.2 Å². The number of nitrogens with zero attached hydrogens (tertiary/aromatic N) is 4. The number of likely N-dealkylation sites (N-methyl/N-ethyl adjacent to an activating group) is 1. The van der Waals surface area contributed by atoms with E-state index < -0.39 is 10.0 Å². The van der Waals surface area contributed by atoms with Gasteiger partial charge in [0, 0.05) is 31.7 Å². The average molecular weight is 517 g/mol. The van der Waals surface area contributed by atoms with Gasteiger partial charge in [0.15, 0.2) is 5.13 Å². The Morgan fingerprint density at radius 2 is 1.71 bits per heavy atom. The number of thiazole rings is 1. The number of amides is 1. The summed E-state index contributed by atoms with van der Waals surface area (Å²) in [6.45, 7) is 2.20. The number of carbonyl (C=O) groups is 1. The number of hydrogen-bond acceptors (Lipinski definition) is 7. The molecule has 1 amide bonds. The fraction of sp³-hybridized carbons (Fsp3) is 0.440. The Morgan fingerprint density at radius 3 is 2.34 bits per heavy atom. The van der Waals surface area contributed by atoms with Crippen molar-refractivity contribution in [1.29, 1.82) is 0 Å². The molecule has 1 fully saturated rings. The highest BCUT2D eigenvalue weighted by Gasteiger charge is 2.26. The zero-order valence-corrected chi connectivity index (χ0v) is 22.1. The minimum absolute atomic E-state index is 0.211. The van der Waals surface area contributed by atoms with Gasteiger partial charge in [-0.1, -0.05) is 24.2 Å². The molecular weight excluding hydrogens is 484 g/mol. The van der Waals surface area contributed by atoms with E-state index in [4.69, 9.17) is 4.74 Å². The van der Waals surface area contributed by atoms with Crippen LogP contribution >= 0.6 is 11.3 Å². The summed E-state index contributed by atoms with van der Waals surface area (Å²) in [4.78, 5) is 22.1. The summed E-state index contributed by atoms with van der Waals surface area (Å²) in [5, 5.41) is 0.598. The number of carbonyl (C=O) groups excluding carboxylic acids is 1. The largest absolute Gasteiger partial charge is 0.497 e. The summed E-state index contributed by atoms with van der Waals surface area (Å²) in [6.07, 6.45) is 3.87. The molecule has 0 radical (unpaired) electrons. The summed E-state index contributed by atoms with van der Waals surface area (Å²) in [5.74, 6) is 0.525. The predicted octanol–water partition coefficient (Wildman–Crippen LogP) is 4.08. The molecule has 2 aromatic carbocycles. The van der Waals surface area contributed by atoms with Crippen molar-refractivity contribution in [2.75, 3.05) is 52.3 Å². The first-order valence-corrected chi connectivity index (χ1v) is 14.1. The van der Waals surface area contributed by atoms with Crippen LogP contribution in [0.3, 0.4) is 0 Å². The smallest absolute Gasteiger partial charge is 0.260 e. The minimum atomic E-state index is -3.57. The summed E-state index contributed by atoms with van der Waals surface area (Å²) < 4.78 is 34.0. The maximum atomic E-state index is 13.6. The number of aromatic nitrogens is 1. The molecule has 0 saturated carbocycles. The fourth-order valence-electron chi connectivity index (χ4n) is 4.08. The van der Waals surface area contributed by atoms with Crippen LogP contribution in [0.25, 0.3) is 10.2 Å². The van der Waals surface area contributed by atoms with E-state index in [1.54, 1.807) is 40.6 Å². The zero-order valence-electron chi connectivity index (χ0n) is 20.4. The first-order chi connectivity index (χ1) is 16.8. The molecule has 0 atom stereocenters. The van der Waals surface area contributed by atoms with Gasteiger partial charge in [-0.25, -0.2) is 13.4 Å². The van der Waals surface area contributed by atoms with Crippen LogP contribution in [0.5, 0.6) is 5.75 Å². The van der Waals surface area contributed by atoms with Crippen molar-refractivity contribution in [3.05, 3.63) is 48.0 Å². The lowest BCUT2D eigenvalue weighted by Gasteiger charge is -2.22. The monoisotopic (exact) mass is 516 g/mol. The Morgan fingerprint density at radius 1 is 1.03 bits per heavy atom. The molecule has 3 aromatic rings. The second kappa shape index (κ2) is 11.0. The van der Waals surface area contributed by atoms with Crippen LogP contribution in [0.2, 0.25) is 0 Å².